The maximum absolute atomic E-state index is 11.8. The lowest BCUT2D eigenvalue weighted by Gasteiger charge is -2.29. The van der Waals surface area contributed by atoms with Crippen molar-refractivity contribution >= 4 is 0 Å². The van der Waals surface area contributed by atoms with E-state index >= 15 is 0 Å². The zero-order valence-electron chi connectivity index (χ0n) is 12.9. The van der Waals surface area contributed by atoms with Crippen LogP contribution in [0.3, 0.4) is 0 Å². The molecule has 4 heteroatoms. The number of aliphatic hydroxyl groups is 1. The van der Waals surface area contributed by atoms with E-state index in [2.05, 4.69) is 10.3 Å². The standard InChI is InChI=1S/C19H19N3O/c23-19(15-9-3-1-4-10-15,16-11-5-2-6-12-16)18-17-13-7-8-14-22(17)21-20-18/h1-6,9-12,23H,7-8,13-14H2. The first-order chi connectivity index (χ1) is 11.3. The van der Waals surface area contributed by atoms with E-state index in [1.807, 2.05) is 65.3 Å². The molecule has 0 radical (unpaired) electrons. The Morgan fingerprint density at radius 1 is 0.870 bits per heavy atom. The number of hydrogen-bond acceptors (Lipinski definition) is 3. The van der Waals surface area contributed by atoms with Gasteiger partial charge < -0.3 is 5.11 Å². The van der Waals surface area contributed by atoms with Crippen molar-refractivity contribution in [2.75, 3.05) is 0 Å². The third-order valence-corrected chi connectivity index (χ3v) is 4.60. The SMILES string of the molecule is OC(c1ccccc1)(c1ccccc1)c1nnn2c1CCCC2. The van der Waals surface area contributed by atoms with Gasteiger partial charge in [-0.1, -0.05) is 65.9 Å². The van der Waals surface area contributed by atoms with Crippen LogP contribution in [0.15, 0.2) is 60.7 Å². The molecule has 116 valence electrons. The highest BCUT2D eigenvalue weighted by molar-refractivity contribution is 5.45. The normalized spacial score (nSPS) is 14.5. The minimum absolute atomic E-state index is 0.662. The average molecular weight is 305 g/mol. The third kappa shape index (κ3) is 2.26. The zero-order valence-corrected chi connectivity index (χ0v) is 12.9. The fourth-order valence-electron chi connectivity index (χ4n) is 3.39. The molecule has 1 aliphatic heterocycles. The average Bonchev–Trinajstić information content (AvgIpc) is 3.07. The van der Waals surface area contributed by atoms with Crippen LogP contribution in [0.5, 0.6) is 0 Å². The molecule has 1 N–H and O–H groups in total. The van der Waals surface area contributed by atoms with Gasteiger partial charge in [0.2, 0.25) is 0 Å². The fraction of sp³-hybridized carbons (Fsp3) is 0.263. The first kappa shape index (κ1) is 14.2. The molecule has 1 aliphatic rings. The molecule has 0 saturated heterocycles. The van der Waals surface area contributed by atoms with Gasteiger partial charge in [0.15, 0.2) is 5.60 Å². The third-order valence-electron chi connectivity index (χ3n) is 4.60. The summed E-state index contributed by atoms with van der Waals surface area (Å²) < 4.78 is 1.94. The van der Waals surface area contributed by atoms with Gasteiger partial charge in [-0.3, -0.25) is 0 Å². The summed E-state index contributed by atoms with van der Waals surface area (Å²) in [6.07, 6.45) is 3.13. The highest BCUT2D eigenvalue weighted by Gasteiger charge is 2.39. The Balaban J connectivity index is 1.95. The molecule has 0 spiro atoms. The van der Waals surface area contributed by atoms with Crippen molar-refractivity contribution in [2.45, 2.75) is 31.4 Å². The van der Waals surface area contributed by atoms with Gasteiger partial charge in [0.05, 0.1) is 5.69 Å². The monoisotopic (exact) mass is 305 g/mol. The van der Waals surface area contributed by atoms with Gasteiger partial charge in [0, 0.05) is 6.54 Å². The minimum Gasteiger partial charge on any atom is -0.374 e. The molecule has 4 rings (SSSR count). The number of benzene rings is 2. The Kier molecular flexibility index (Phi) is 3.46. The number of rotatable bonds is 3. The van der Waals surface area contributed by atoms with Crippen LogP contribution in [-0.4, -0.2) is 20.1 Å². The summed E-state index contributed by atoms with van der Waals surface area (Å²) in [5.41, 5.74) is 2.08. The van der Waals surface area contributed by atoms with E-state index in [0.717, 1.165) is 42.6 Å². The molecule has 0 unspecified atom stereocenters. The summed E-state index contributed by atoms with van der Waals surface area (Å²) >= 11 is 0. The van der Waals surface area contributed by atoms with Gasteiger partial charge in [-0.25, -0.2) is 4.68 Å². The number of nitrogens with zero attached hydrogens (tertiary/aromatic N) is 3. The Labute approximate surface area is 135 Å². The van der Waals surface area contributed by atoms with Gasteiger partial charge in [-0.05, 0) is 30.4 Å². The van der Waals surface area contributed by atoms with E-state index in [4.69, 9.17) is 0 Å². The van der Waals surface area contributed by atoms with Crippen molar-refractivity contribution in [2.24, 2.45) is 0 Å². The predicted molar refractivity (Wildman–Crippen MR) is 87.9 cm³/mol. The van der Waals surface area contributed by atoms with Crippen LogP contribution in [0.25, 0.3) is 0 Å². The molecule has 23 heavy (non-hydrogen) atoms. The maximum Gasteiger partial charge on any atom is 0.161 e. The summed E-state index contributed by atoms with van der Waals surface area (Å²) in [4.78, 5) is 0. The van der Waals surface area contributed by atoms with Gasteiger partial charge >= 0.3 is 0 Å². The molecule has 2 heterocycles. The molecule has 0 bridgehead atoms. The van der Waals surface area contributed by atoms with Gasteiger partial charge in [-0.2, -0.15) is 0 Å². The van der Waals surface area contributed by atoms with Gasteiger partial charge in [0.25, 0.3) is 0 Å². The van der Waals surface area contributed by atoms with Crippen LogP contribution >= 0.6 is 0 Å². The zero-order chi connectivity index (χ0) is 15.7. The molecule has 0 saturated carbocycles. The van der Waals surface area contributed by atoms with E-state index in [0.29, 0.717) is 5.69 Å². The highest BCUT2D eigenvalue weighted by atomic mass is 16.3. The van der Waals surface area contributed by atoms with Crippen LogP contribution in [-0.2, 0) is 18.6 Å². The summed E-state index contributed by atoms with van der Waals surface area (Å²) in [5, 5.41) is 20.4. The lowest BCUT2D eigenvalue weighted by Crippen LogP contribution is -2.31. The molecule has 1 aromatic heterocycles. The van der Waals surface area contributed by atoms with Crippen LogP contribution in [0.4, 0.5) is 0 Å². The molecule has 2 aromatic carbocycles. The van der Waals surface area contributed by atoms with E-state index in [1.54, 1.807) is 0 Å². The number of aromatic nitrogens is 3. The minimum atomic E-state index is -1.27. The summed E-state index contributed by atoms with van der Waals surface area (Å²) in [6.45, 7) is 0.877. The molecule has 0 fully saturated rings. The molecule has 4 nitrogen and oxygen atoms in total. The second kappa shape index (κ2) is 5.63. The van der Waals surface area contributed by atoms with Crippen LogP contribution in [0, 0.1) is 0 Å². The highest BCUT2D eigenvalue weighted by Crippen LogP contribution is 2.38. The van der Waals surface area contributed by atoms with Crippen molar-refractivity contribution in [3.63, 3.8) is 0 Å². The molecule has 0 aliphatic carbocycles. The lowest BCUT2D eigenvalue weighted by molar-refractivity contribution is 0.119. The summed E-state index contributed by atoms with van der Waals surface area (Å²) in [7, 11) is 0. The quantitative estimate of drug-likeness (QED) is 0.809. The topological polar surface area (TPSA) is 50.9 Å². The smallest absolute Gasteiger partial charge is 0.161 e. The Hall–Kier alpha value is -2.46. The largest absolute Gasteiger partial charge is 0.374 e. The summed E-state index contributed by atoms with van der Waals surface area (Å²) in [6, 6.07) is 19.5. The Morgan fingerprint density at radius 3 is 2.09 bits per heavy atom. The van der Waals surface area contributed by atoms with E-state index in [1.165, 1.54) is 0 Å². The fourth-order valence-corrected chi connectivity index (χ4v) is 3.39. The predicted octanol–water partition coefficient (Wildman–Crippen LogP) is 2.90. The van der Waals surface area contributed by atoms with Gasteiger partial charge in [0.1, 0.15) is 5.69 Å². The molecule has 3 aromatic rings. The van der Waals surface area contributed by atoms with Crippen LogP contribution in [0.1, 0.15) is 35.4 Å². The van der Waals surface area contributed by atoms with Crippen molar-refractivity contribution in [1.29, 1.82) is 0 Å². The van der Waals surface area contributed by atoms with Crippen molar-refractivity contribution < 1.29 is 5.11 Å². The van der Waals surface area contributed by atoms with Crippen LogP contribution in [0.2, 0.25) is 0 Å². The van der Waals surface area contributed by atoms with Crippen molar-refractivity contribution in [3.05, 3.63) is 83.2 Å². The van der Waals surface area contributed by atoms with Gasteiger partial charge in [-0.15, -0.1) is 5.10 Å². The second-order valence-corrected chi connectivity index (χ2v) is 6.01. The Morgan fingerprint density at radius 2 is 1.48 bits per heavy atom. The number of fused-ring (bicyclic) bond motifs is 1. The summed E-state index contributed by atoms with van der Waals surface area (Å²) in [5.74, 6) is 0. The van der Waals surface area contributed by atoms with Crippen molar-refractivity contribution in [3.8, 4) is 0 Å². The molecular weight excluding hydrogens is 286 g/mol. The van der Waals surface area contributed by atoms with E-state index in [-0.39, 0.29) is 0 Å². The second-order valence-electron chi connectivity index (χ2n) is 6.01. The van der Waals surface area contributed by atoms with Crippen LogP contribution < -0.4 is 0 Å². The molecule has 0 amide bonds. The first-order valence-electron chi connectivity index (χ1n) is 8.06. The van der Waals surface area contributed by atoms with E-state index in [9.17, 15) is 5.11 Å². The lowest BCUT2D eigenvalue weighted by atomic mass is 9.82. The number of hydrogen-bond donors (Lipinski definition) is 1. The molecular formula is C19H19N3O. The first-order valence-corrected chi connectivity index (χ1v) is 8.06. The van der Waals surface area contributed by atoms with E-state index < -0.39 is 5.60 Å². The number of aryl methyl sites for hydroxylation is 1. The Bertz CT molecular complexity index is 756. The maximum atomic E-state index is 11.8. The van der Waals surface area contributed by atoms with Crippen molar-refractivity contribution in [1.82, 2.24) is 15.0 Å². The molecule has 0 atom stereocenters.